The van der Waals surface area contributed by atoms with Crippen LogP contribution in [0.5, 0.6) is 0 Å². The summed E-state index contributed by atoms with van der Waals surface area (Å²) in [6, 6.07) is 0. The fraction of sp³-hybridized carbons (Fsp3) is 1.00. The molecule has 0 aromatic carbocycles. The van der Waals surface area contributed by atoms with Gasteiger partial charge in [-0.3, -0.25) is 4.98 Å². The van der Waals surface area contributed by atoms with Crippen LogP contribution in [0.4, 0.5) is 0 Å². The molecule has 0 aliphatic carbocycles. The van der Waals surface area contributed by atoms with Crippen LogP contribution in [0.15, 0.2) is 0 Å². The van der Waals surface area contributed by atoms with Crippen LogP contribution >= 0.6 is 0 Å². The van der Waals surface area contributed by atoms with Crippen molar-refractivity contribution in [2.45, 2.75) is 46.0 Å². The molecule has 2 heteroatoms. The van der Waals surface area contributed by atoms with Crippen molar-refractivity contribution < 1.29 is 0 Å². The summed E-state index contributed by atoms with van der Waals surface area (Å²) < 4.78 is 0. The van der Waals surface area contributed by atoms with Gasteiger partial charge in [0.1, 0.15) is 8.24 Å². The Labute approximate surface area is 59.9 Å². The Hall–Kier alpha value is 0.177. The molecule has 0 bridgehead atoms. The molecule has 0 heterocycles. The Kier molecular flexibility index (Phi) is 2.47. The summed E-state index contributed by atoms with van der Waals surface area (Å²) in [7, 11) is -1.17. The Morgan fingerprint density at radius 3 is 1.33 bits per heavy atom. The van der Waals surface area contributed by atoms with Crippen molar-refractivity contribution in [1.29, 1.82) is 0 Å². The first-order valence-corrected chi connectivity index (χ1v) is 6.89. The highest BCUT2D eigenvalue weighted by Crippen LogP contribution is 2.08. The zero-order valence-corrected chi connectivity index (χ0v) is 8.45. The normalized spacial score (nSPS) is 14.0. The predicted octanol–water partition coefficient (Wildman–Crippen LogP) is 2.22. The van der Waals surface area contributed by atoms with Crippen molar-refractivity contribution in [2.24, 2.45) is 0 Å². The molecule has 0 fully saturated rings. The lowest BCUT2D eigenvalue weighted by atomic mass is 10.1. The van der Waals surface area contributed by atoms with Gasteiger partial charge in [0.25, 0.3) is 0 Å². The molecule has 0 saturated heterocycles. The van der Waals surface area contributed by atoms with Crippen LogP contribution in [0.25, 0.3) is 0 Å². The van der Waals surface area contributed by atoms with Crippen molar-refractivity contribution >= 4 is 8.24 Å². The summed E-state index contributed by atoms with van der Waals surface area (Å²) in [4.78, 5) is 4.68. The summed E-state index contributed by atoms with van der Waals surface area (Å²) in [6.45, 7) is 13.3. The van der Waals surface area contributed by atoms with Gasteiger partial charge in [-0.25, -0.2) is 0 Å². The van der Waals surface area contributed by atoms with Gasteiger partial charge in [-0.2, -0.15) is 0 Å². The molecule has 9 heavy (non-hydrogen) atoms. The van der Waals surface area contributed by atoms with E-state index in [4.69, 9.17) is 0 Å². The minimum absolute atomic E-state index is 0.171. The highest BCUT2D eigenvalue weighted by molar-refractivity contribution is 6.73. The second kappa shape index (κ2) is 2.43. The zero-order chi connectivity index (χ0) is 7.71. The lowest BCUT2D eigenvalue weighted by Crippen LogP contribution is -2.45. The number of hydrogen-bond acceptors (Lipinski definition) is 0. The van der Waals surface area contributed by atoms with Crippen LogP contribution in [-0.4, -0.2) is 13.8 Å². The van der Waals surface area contributed by atoms with E-state index in [9.17, 15) is 0 Å². The molecule has 0 N–H and O–H groups in total. The van der Waals surface area contributed by atoms with Crippen LogP contribution < -0.4 is 4.98 Å². The van der Waals surface area contributed by atoms with Crippen LogP contribution in [-0.2, 0) is 0 Å². The SMILES string of the molecule is CC(C)(C)[N][Si](C)(C)C. The van der Waals surface area contributed by atoms with Crippen molar-refractivity contribution in [2.75, 3.05) is 0 Å². The molecule has 0 aliphatic rings. The minimum atomic E-state index is -1.17. The maximum absolute atomic E-state index is 4.68. The first-order chi connectivity index (χ1) is 3.71. The van der Waals surface area contributed by atoms with Gasteiger partial charge in [0.15, 0.2) is 0 Å². The monoisotopic (exact) mass is 144 g/mol. The first kappa shape index (κ1) is 9.18. The Morgan fingerprint density at radius 2 is 1.33 bits per heavy atom. The summed E-state index contributed by atoms with van der Waals surface area (Å²) in [5, 5.41) is 0. The van der Waals surface area contributed by atoms with Crippen molar-refractivity contribution in [3.8, 4) is 0 Å². The average molecular weight is 144 g/mol. The number of rotatable bonds is 1. The summed E-state index contributed by atoms with van der Waals surface area (Å²) in [5.41, 5.74) is 0.171. The summed E-state index contributed by atoms with van der Waals surface area (Å²) >= 11 is 0. The second-order valence-electron chi connectivity index (χ2n) is 4.45. The molecule has 0 atom stereocenters. The third-order valence-electron chi connectivity index (χ3n) is 0.671. The first-order valence-electron chi connectivity index (χ1n) is 3.45. The van der Waals surface area contributed by atoms with E-state index in [0.29, 0.717) is 0 Å². The van der Waals surface area contributed by atoms with E-state index in [1.165, 1.54) is 0 Å². The van der Waals surface area contributed by atoms with Gasteiger partial charge in [0.05, 0.1) is 0 Å². The predicted molar refractivity (Wildman–Crippen MR) is 45.2 cm³/mol. The summed E-state index contributed by atoms with van der Waals surface area (Å²) in [5.74, 6) is 0. The number of hydrogen-bond donors (Lipinski definition) is 0. The quantitative estimate of drug-likeness (QED) is 0.501. The van der Waals surface area contributed by atoms with E-state index < -0.39 is 8.24 Å². The van der Waals surface area contributed by atoms with E-state index in [1.54, 1.807) is 0 Å². The topological polar surface area (TPSA) is 14.1 Å². The lowest BCUT2D eigenvalue weighted by molar-refractivity contribution is 0.505. The molecular formula is C7H18NSi. The van der Waals surface area contributed by atoms with Crippen LogP contribution in [0, 0.1) is 0 Å². The Bertz CT molecular complexity index is 74.1. The molecular weight excluding hydrogens is 126 g/mol. The average Bonchev–Trinajstić information content (AvgIpc) is 1.14. The maximum atomic E-state index is 4.68. The van der Waals surface area contributed by atoms with E-state index in [1.807, 2.05) is 0 Å². The highest BCUT2D eigenvalue weighted by atomic mass is 28.3. The van der Waals surface area contributed by atoms with E-state index in [-0.39, 0.29) is 5.54 Å². The smallest absolute Gasteiger partial charge is 0.137 e. The second-order valence-corrected chi connectivity index (χ2v) is 9.02. The Balaban J connectivity index is 3.75. The maximum Gasteiger partial charge on any atom is 0.137 e. The molecule has 0 saturated carbocycles. The highest BCUT2D eigenvalue weighted by Gasteiger charge is 2.22. The van der Waals surface area contributed by atoms with Gasteiger partial charge in [-0.05, 0) is 20.8 Å². The molecule has 0 rings (SSSR count). The van der Waals surface area contributed by atoms with Gasteiger partial charge in [-0.1, -0.05) is 19.6 Å². The van der Waals surface area contributed by atoms with Crippen molar-refractivity contribution in [3.05, 3.63) is 0 Å². The molecule has 55 valence electrons. The lowest BCUT2D eigenvalue weighted by Gasteiger charge is -2.27. The minimum Gasteiger partial charge on any atom is -0.265 e. The molecule has 1 nitrogen and oxygen atoms in total. The molecule has 0 aromatic rings. The Morgan fingerprint density at radius 1 is 1.00 bits per heavy atom. The van der Waals surface area contributed by atoms with Crippen LogP contribution in [0.1, 0.15) is 20.8 Å². The molecule has 0 unspecified atom stereocenters. The van der Waals surface area contributed by atoms with Gasteiger partial charge in [0, 0.05) is 5.54 Å². The standard InChI is InChI=1S/C7H18NSi/c1-7(2,3)8-9(4,5)6/h1-6H3. The van der Waals surface area contributed by atoms with Gasteiger partial charge >= 0.3 is 0 Å². The van der Waals surface area contributed by atoms with Gasteiger partial charge < -0.3 is 0 Å². The van der Waals surface area contributed by atoms with Crippen molar-refractivity contribution in [3.63, 3.8) is 0 Å². The summed E-state index contributed by atoms with van der Waals surface area (Å²) in [6.07, 6.45) is 0. The van der Waals surface area contributed by atoms with Crippen LogP contribution in [0.3, 0.4) is 0 Å². The molecule has 0 spiro atoms. The third kappa shape index (κ3) is 8.18. The molecule has 1 radical (unpaired) electrons. The molecule has 0 aliphatic heterocycles. The molecule has 0 aromatic heterocycles. The number of nitrogens with zero attached hydrogens (tertiary/aromatic N) is 1. The molecule has 0 amide bonds. The van der Waals surface area contributed by atoms with Gasteiger partial charge in [0.2, 0.25) is 0 Å². The van der Waals surface area contributed by atoms with Crippen LogP contribution in [0.2, 0.25) is 19.6 Å². The van der Waals surface area contributed by atoms with E-state index in [2.05, 4.69) is 45.4 Å². The fourth-order valence-electron chi connectivity index (χ4n) is 1.01. The van der Waals surface area contributed by atoms with Gasteiger partial charge in [-0.15, -0.1) is 0 Å². The van der Waals surface area contributed by atoms with E-state index in [0.717, 1.165) is 0 Å². The largest absolute Gasteiger partial charge is 0.265 e. The van der Waals surface area contributed by atoms with Crippen molar-refractivity contribution in [1.82, 2.24) is 4.98 Å². The fourth-order valence-corrected chi connectivity index (χ4v) is 3.02. The van der Waals surface area contributed by atoms with E-state index >= 15 is 0 Å². The third-order valence-corrected chi connectivity index (χ3v) is 2.01. The zero-order valence-electron chi connectivity index (χ0n) is 7.45.